The van der Waals surface area contributed by atoms with Crippen LogP contribution in [0.5, 0.6) is 0 Å². The molecule has 0 spiro atoms. The number of nitrogen functional groups attached to an aromatic ring is 1. The number of rotatable bonds is 2. The van der Waals surface area contributed by atoms with Gasteiger partial charge in [-0.25, -0.2) is 18.7 Å². The maximum atomic E-state index is 13.9. The molecule has 1 aromatic heterocycles. The predicted molar refractivity (Wildman–Crippen MR) is 77.2 cm³/mol. The zero-order chi connectivity index (χ0) is 14.8. The number of aromatic nitrogens is 2. The van der Waals surface area contributed by atoms with E-state index in [0.29, 0.717) is 32.1 Å². The lowest BCUT2D eigenvalue weighted by molar-refractivity contribution is 0.555. The number of anilines is 3. The summed E-state index contributed by atoms with van der Waals surface area (Å²) >= 11 is 0. The van der Waals surface area contributed by atoms with Crippen LogP contribution in [0.1, 0.15) is 0 Å². The summed E-state index contributed by atoms with van der Waals surface area (Å²) in [7, 11) is 0. The van der Waals surface area contributed by atoms with Crippen LogP contribution in [0.3, 0.4) is 0 Å². The van der Waals surface area contributed by atoms with Crippen molar-refractivity contribution in [1.82, 2.24) is 9.97 Å². The van der Waals surface area contributed by atoms with Crippen LogP contribution < -0.4 is 15.5 Å². The average molecular weight is 291 g/mol. The van der Waals surface area contributed by atoms with Gasteiger partial charge >= 0.3 is 0 Å². The molecule has 0 unspecified atom stereocenters. The fourth-order valence-electron chi connectivity index (χ4n) is 2.47. The van der Waals surface area contributed by atoms with Gasteiger partial charge in [0.15, 0.2) is 11.6 Å². The lowest BCUT2D eigenvalue weighted by Gasteiger charge is -2.36. The third-order valence-electron chi connectivity index (χ3n) is 3.47. The fraction of sp³-hybridized carbons (Fsp3) is 0.286. The summed E-state index contributed by atoms with van der Waals surface area (Å²) in [6, 6.07) is 4.04. The van der Waals surface area contributed by atoms with Gasteiger partial charge < -0.3 is 15.5 Å². The highest BCUT2D eigenvalue weighted by Crippen LogP contribution is 2.27. The third-order valence-corrected chi connectivity index (χ3v) is 3.47. The summed E-state index contributed by atoms with van der Waals surface area (Å²) in [6.07, 6.45) is 3.35. The molecular weight excluding hydrogens is 276 g/mol. The molecule has 0 radical (unpaired) electrons. The Morgan fingerprint density at radius 3 is 2.00 bits per heavy atom. The third kappa shape index (κ3) is 2.72. The van der Waals surface area contributed by atoms with Gasteiger partial charge in [-0.15, -0.1) is 0 Å². The predicted octanol–water partition coefficient (Wildman–Crippen LogP) is 1.66. The van der Waals surface area contributed by atoms with Gasteiger partial charge in [-0.2, -0.15) is 0 Å². The van der Waals surface area contributed by atoms with E-state index in [2.05, 4.69) is 9.97 Å². The number of halogens is 2. The second-order valence-corrected chi connectivity index (χ2v) is 4.86. The first-order valence-electron chi connectivity index (χ1n) is 6.66. The first-order valence-corrected chi connectivity index (χ1v) is 6.66. The van der Waals surface area contributed by atoms with E-state index in [1.165, 1.54) is 0 Å². The molecule has 1 aliphatic heterocycles. The van der Waals surface area contributed by atoms with Crippen LogP contribution in [0.4, 0.5) is 26.1 Å². The minimum atomic E-state index is -0.628. The Hall–Kier alpha value is -2.44. The van der Waals surface area contributed by atoms with Crippen molar-refractivity contribution >= 4 is 17.3 Å². The Kier molecular flexibility index (Phi) is 3.55. The van der Waals surface area contributed by atoms with Crippen molar-refractivity contribution in [3.05, 3.63) is 42.2 Å². The summed E-state index contributed by atoms with van der Waals surface area (Å²) in [5, 5.41) is 0. The molecule has 0 saturated carbocycles. The average Bonchev–Trinajstić information content (AvgIpc) is 2.48. The molecule has 110 valence electrons. The van der Waals surface area contributed by atoms with Crippen molar-refractivity contribution < 1.29 is 8.78 Å². The smallest absolute Gasteiger partial charge is 0.225 e. The lowest BCUT2D eigenvalue weighted by atomic mass is 10.2. The van der Waals surface area contributed by atoms with Crippen molar-refractivity contribution in [3.63, 3.8) is 0 Å². The highest BCUT2D eigenvalue weighted by atomic mass is 19.1. The summed E-state index contributed by atoms with van der Waals surface area (Å²) in [6.45, 7) is 2.20. The molecule has 2 heterocycles. The highest BCUT2D eigenvalue weighted by molar-refractivity contribution is 5.56. The van der Waals surface area contributed by atoms with E-state index in [-0.39, 0.29) is 11.4 Å². The molecule has 7 heteroatoms. The number of piperazine rings is 1. The molecule has 5 nitrogen and oxygen atoms in total. The number of nitrogens with zero attached hydrogens (tertiary/aromatic N) is 4. The maximum Gasteiger partial charge on any atom is 0.225 e. The van der Waals surface area contributed by atoms with Crippen molar-refractivity contribution in [2.24, 2.45) is 0 Å². The monoisotopic (exact) mass is 291 g/mol. The SMILES string of the molecule is Nc1cc(F)c(N2CCN(c3ncccn3)CC2)c(F)c1. The van der Waals surface area contributed by atoms with Gasteiger partial charge in [-0.05, 0) is 18.2 Å². The lowest BCUT2D eigenvalue weighted by Crippen LogP contribution is -2.47. The van der Waals surface area contributed by atoms with Gasteiger partial charge in [-0.1, -0.05) is 0 Å². The summed E-state index contributed by atoms with van der Waals surface area (Å²) in [5.74, 6) is -0.621. The topological polar surface area (TPSA) is 58.3 Å². The molecule has 0 aliphatic carbocycles. The Bertz CT molecular complexity index is 604. The van der Waals surface area contributed by atoms with Gasteiger partial charge in [0, 0.05) is 44.3 Å². The molecule has 21 heavy (non-hydrogen) atoms. The molecular formula is C14H15F2N5. The normalized spacial score (nSPS) is 15.3. The molecule has 2 N–H and O–H groups in total. The van der Waals surface area contributed by atoms with Gasteiger partial charge in [-0.3, -0.25) is 0 Å². The molecule has 1 aromatic carbocycles. The fourth-order valence-corrected chi connectivity index (χ4v) is 2.47. The first-order chi connectivity index (χ1) is 10.1. The number of benzene rings is 1. The molecule has 3 rings (SSSR count). The zero-order valence-electron chi connectivity index (χ0n) is 11.3. The maximum absolute atomic E-state index is 13.9. The highest BCUT2D eigenvalue weighted by Gasteiger charge is 2.23. The largest absolute Gasteiger partial charge is 0.399 e. The van der Waals surface area contributed by atoms with E-state index >= 15 is 0 Å². The number of hydrogen-bond donors (Lipinski definition) is 1. The van der Waals surface area contributed by atoms with Crippen LogP contribution in [-0.4, -0.2) is 36.1 Å². The van der Waals surface area contributed by atoms with Crippen molar-refractivity contribution in [1.29, 1.82) is 0 Å². The van der Waals surface area contributed by atoms with Crippen molar-refractivity contribution in [2.45, 2.75) is 0 Å². The van der Waals surface area contributed by atoms with Gasteiger partial charge in [0.05, 0.1) is 0 Å². The zero-order valence-corrected chi connectivity index (χ0v) is 11.3. The van der Waals surface area contributed by atoms with Crippen LogP contribution in [0.2, 0.25) is 0 Å². The Labute approximate surface area is 121 Å². The van der Waals surface area contributed by atoms with E-state index in [9.17, 15) is 8.78 Å². The van der Waals surface area contributed by atoms with Gasteiger partial charge in [0.1, 0.15) is 5.69 Å². The molecule has 2 aromatic rings. The van der Waals surface area contributed by atoms with Crippen molar-refractivity contribution in [2.75, 3.05) is 41.7 Å². The summed E-state index contributed by atoms with van der Waals surface area (Å²) < 4.78 is 27.8. The van der Waals surface area contributed by atoms with E-state index in [0.717, 1.165) is 12.1 Å². The minimum absolute atomic E-state index is 0.0159. The first kappa shape index (κ1) is 13.5. The second kappa shape index (κ2) is 5.51. The number of hydrogen-bond acceptors (Lipinski definition) is 5. The minimum Gasteiger partial charge on any atom is -0.399 e. The Balaban J connectivity index is 1.75. The second-order valence-electron chi connectivity index (χ2n) is 4.86. The van der Waals surface area contributed by atoms with Crippen LogP contribution in [0, 0.1) is 11.6 Å². The van der Waals surface area contributed by atoms with E-state index in [1.54, 1.807) is 23.4 Å². The van der Waals surface area contributed by atoms with Crippen LogP contribution >= 0.6 is 0 Å². The van der Waals surface area contributed by atoms with Crippen LogP contribution in [0.15, 0.2) is 30.6 Å². The van der Waals surface area contributed by atoms with E-state index in [4.69, 9.17) is 5.73 Å². The Morgan fingerprint density at radius 1 is 0.905 bits per heavy atom. The summed E-state index contributed by atoms with van der Waals surface area (Å²) in [5.41, 5.74) is 5.50. The summed E-state index contributed by atoms with van der Waals surface area (Å²) in [4.78, 5) is 12.0. The molecule has 1 saturated heterocycles. The van der Waals surface area contributed by atoms with Crippen LogP contribution in [0.25, 0.3) is 0 Å². The van der Waals surface area contributed by atoms with Gasteiger partial charge in [0.2, 0.25) is 5.95 Å². The molecule has 1 aliphatic rings. The molecule has 0 amide bonds. The quantitative estimate of drug-likeness (QED) is 0.853. The standard InChI is InChI=1S/C14H15F2N5/c15-11-8-10(17)9-12(16)13(11)20-4-6-21(7-5-20)14-18-2-1-3-19-14/h1-3,8-9H,4-7,17H2. The molecule has 0 bridgehead atoms. The Morgan fingerprint density at radius 2 is 1.43 bits per heavy atom. The van der Waals surface area contributed by atoms with Crippen LogP contribution in [-0.2, 0) is 0 Å². The number of nitrogens with two attached hydrogens (primary N) is 1. The van der Waals surface area contributed by atoms with E-state index < -0.39 is 11.6 Å². The van der Waals surface area contributed by atoms with E-state index in [1.807, 2.05) is 4.90 Å². The molecule has 1 fully saturated rings. The van der Waals surface area contributed by atoms with Crippen molar-refractivity contribution in [3.8, 4) is 0 Å². The molecule has 0 atom stereocenters. The van der Waals surface area contributed by atoms with Gasteiger partial charge in [0.25, 0.3) is 0 Å².